The minimum absolute atomic E-state index is 0.683. The van der Waals surface area contributed by atoms with Crippen molar-refractivity contribution in [3.8, 4) is 11.6 Å². The Balaban J connectivity index is 1.79. The first-order valence-electron chi connectivity index (χ1n) is 5.85. The maximum absolute atomic E-state index is 5.28. The third-order valence-electron chi connectivity index (χ3n) is 2.85. The van der Waals surface area contributed by atoms with E-state index >= 15 is 0 Å². The summed E-state index contributed by atoms with van der Waals surface area (Å²) in [5.41, 5.74) is 0. The molecule has 2 aromatic rings. The molecule has 17 heavy (non-hydrogen) atoms. The average Bonchev–Trinajstić information content (AvgIpc) is 2.95. The fraction of sp³-hybridized carbons (Fsp3) is 0.455. The average molecular weight is 233 g/mol. The van der Waals surface area contributed by atoms with Crippen LogP contribution < -0.4 is 10.2 Å². The van der Waals surface area contributed by atoms with Gasteiger partial charge in [0.05, 0.1) is 6.26 Å². The third-order valence-corrected chi connectivity index (χ3v) is 2.85. The molecule has 0 aliphatic carbocycles. The number of furan rings is 1. The second kappa shape index (κ2) is 4.58. The van der Waals surface area contributed by atoms with Crippen molar-refractivity contribution in [1.29, 1.82) is 0 Å². The van der Waals surface area contributed by atoms with E-state index in [9.17, 15) is 0 Å². The molecule has 3 heterocycles. The fourth-order valence-electron chi connectivity index (χ4n) is 1.96. The molecule has 0 saturated carbocycles. The highest BCUT2D eigenvalue weighted by Crippen LogP contribution is 2.18. The number of hydrogen-bond acceptors (Lipinski definition) is 5. The van der Waals surface area contributed by atoms with Crippen LogP contribution in [0.3, 0.4) is 0 Å². The number of aromatic nitrogens is 3. The van der Waals surface area contributed by atoms with Gasteiger partial charge in [0.1, 0.15) is 0 Å². The van der Waals surface area contributed by atoms with Gasteiger partial charge in [-0.1, -0.05) is 0 Å². The lowest BCUT2D eigenvalue weighted by Gasteiger charge is -2.16. The monoisotopic (exact) mass is 233 g/mol. The van der Waals surface area contributed by atoms with Gasteiger partial charge in [-0.3, -0.25) is 5.10 Å². The smallest absolute Gasteiger partial charge is 0.245 e. The quantitative estimate of drug-likeness (QED) is 0.805. The van der Waals surface area contributed by atoms with Crippen LogP contribution in [0.2, 0.25) is 0 Å². The van der Waals surface area contributed by atoms with Gasteiger partial charge in [0.2, 0.25) is 5.95 Å². The normalized spacial score (nSPS) is 17.1. The lowest BCUT2D eigenvalue weighted by Crippen LogP contribution is -2.28. The van der Waals surface area contributed by atoms with Crippen molar-refractivity contribution in [3.63, 3.8) is 0 Å². The molecule has 2 N–H and O–H groups in total. The van der Waals surface area contributed by atoms with Crippen molar-refractivity contribution >= 4 is 5.95 Å². The van der Waals surface area contributed by atoms with Gasteiger partial charge in [-0.25, -0.2) is 0 Å². The predicted molar refractivity (Wildman–Crippen MR) is 63.8 cm³/mol. The number of nitrogens with one attached hydrogen (secondary N) is 2. The summed E-state index contributed by atoms with van der Waals surface area (Å²) in [6.45, 7) is 3.97. The Labute approximate surface area is 99.0 Å². The molecule has 0 spiro atoms. The minimum atomic E-state index is 0.683. The fourth-order valence-corrected chi connectivity index (χ4v) is 1.96. The van der Waals surface area contributed by atoms with Crippen LogP contribution in [0.4, 0.5) is 5.95 Å². The number of aromatic amines is 1. The Kier molecular flexibility index (Phi) is 2.79. The Bertz CT molecular complexity index is 456. The van der Waals surface area contributed by atoms with Crippen LogP contribution in [0.25, 0.3) is 11.6 Å². The molecule has 0 amide bonds. The number of hydrogen-bond donors (Lipinski definition) is 2. The Morgan fingerprint density at radius 2 is 2.29 bits per heavy atom. The zero-order valence-corrected chi connectivity index (χ0v) is 9.52. The van der Waals surface area contributed by atoms with Gasteiger partial charge >= 0.3 is 0 Å². The summed E-state index contributed by atoms with van der Waals surface area (Å²) >= 11 is 0. The Morgan fingerprint density at radius 3 is 3.18 bits per heavy atom. The molecule has 1 saturated heterocycles. The van der Waals surface area contributed by atoms with E-state index in [0.29, 0.717) is 5.82 Å². The molecule has 1 fully saturated rings. The van der Waals surface area contributed by atoms with Crippen molar-refractivity contribution < 1.29 is 4.42 Å². The van der Waals surface area contributed by atoms with Gasteiger partial charge in [0.25, 0.3) is 0 Å². The summed E-state index contributed by atoms with van der Waals surface area (Å²) in [5, 5.41) is 10.5. The Hall–Kier alpha value is -1.82. The molecule has 0 unspecified atom stereocenters. The molecule has 1 aliphatic rings. The lowest BCUT2D eigenvalue weighted by atomic mass is 10.4. The van der Waals surface area contributed by atoms with Crippen LogP contribution in [0.1, 0.15) is 6.42 Å². The van der Waals surface area contributed by atoms with Gasteiger partial charge in [0, 0.05) is 19.6 Å². The minimum Gasteiger partial charge on any atom is -0.461 e. The van der Waals surface area contributed by atoms with Crippen LogP contribution >= 0.6 is 0 Å². The molecule has 0 radical (unpaired) electrons. The SMILES string of the molecule is c1coc(-c2nc(N3CCCNCC3)n[nH]2)c1. The molecular weight excluding hydrogens is 218 g/mol. The number of rotatable bonds is 2. The molecular formula is C11H15N5O. The molecule has 0 aromatic carbocycles. The largest absolute Gasteiger partial charge is 0.461 e. The summed E-state index contributed by atoms with van der Waals surface area (Å²) in [6, 6.07) is 3.71. The van der Waals surface area contributed by atoms with E-state index in [4.69, 9.17) is 4.42 Å². The van der Waals surface area contributed by atoms with Gasteiger partial charge in [-0.05, 0) is 25.1 Å². The molecule has 6 nitrogen and oxygen atoms in total. The van der Waals surface area contributed by atoms with Crippen molar-refractivity contribution in [3.05, 3.63) is 18.4 Å². The van der Waals surface area contributed by atoms with Crippen LogP contribution in [-0.2, 0) is 0 Å². The first kappa shape index (κ1) is 10.3. The van der Waals surface area contributed by atoms with E-state index in [-0.39, 0.29) is 0 Å². The lowest BCUT2D eigenvalue weighted by molar-refractivity contribution is 0.577. The molecule has 0 atom stereocenters. The second-order valence-corrected chi connectivity index (χ2v) is 4.05. The molecule has 90 valence electrons. The summed E-state index contributed by atoms with van der Waals surface area (Å²) in [6.07, 6.45) is 2.75. The molecule has 0 bridgehead atoms. The van der Waals surface area contributed by atoms with Crippen molar-refractivity contribution in [2.75, 3.05) is 31.1 Å². The standard InChI is InChI=1S/C11H15N5O/c1-3-9(17-8-1)10-13-11(15-14-10)16-6-2-4-12-5-7-16/h1,3,8,12H,2,4-7H2,(H,13,14,15). The van der Waals surface area contributed by atoms with Crippen LogP contribution in [-0.4, -0.2) is 41.4 Å². The summed E-state index contributed by atoms with van der Waals surface area (Å²) < 4.78 is 5.28. The van der Waals surface area contributed by atoms with Gasteiger partial charge in [-0.15, -0.1) is 5.10 Å². The van der Waals surface area contributed by atoms with Gasteiger partial charge < -0.3 is 14.6 Å². The van der Waals surface area contributed by atoms with E-state index in [2.05, 4.69) is 25.4 Å². The molecule has 6 heteroatoms. The van der Waals surface area contributed by atoms with Crippen LogP contribution in [0, 0.1) is 0 Å². The summed E-state index contributed by atoms with van der Waals surface area (Å²) in [7, 11) is 0. The van der Waals surface area contributed by atoms with E-state index in [1.807, 2.05) is 12.1 Å². The molecule has 2 aromatic heterocycles. The summed E-state index contributed by atoms with van der Waals surface area (Å²) in [4.78, 5) is 6.64. The highest BCUT2D eigenvalue weighted by molar-refractivity contribution is 5.48. The molecule has 1 aliphatic heterocycles. The number of H-pyrrole nitrogens is 1. The highest BCUT2D eigenvalue weighted by atomic mass is 16.3. The van der Waals surface area contributed by atoms with Crippen LogP contribution in [0.15, 0.2) is 22.8 Å². The van der Waals surface area contributed by atoms with Crippen LogP contribution in [0.5, 0.6) is 0 Å². The number of nitrogens with zero attached hydrogens (tertiary/aromatic N) is 3. The van der Waals surface area contributed by atoms with E-state index in [0.717, 1.165) is 44.3 Å². The maximum Gasteiger partial charge on any atom is 0.245 e. The first-order chi connectivity index (χ1) is 8.43. The van der Waals surface area contributed by atoms with Gasteiger partial charge in [-0.2, -0.15) is 4.98 Å². The maximum atomic E-state index is 5.28. The Morgan fingerprint density at radius 1 is 1.29 bits per heavy atom. The van der Waals surface area contributed by atoms with E-state index in [1.165, 1.54) is 0 Å². The second-order valence-electron chi connectivity index (χ2n) is 4.05. The highest BCUT2D eigenvalue weighted by Gasteiger charge is 2.15. The zero-order valence-electron chi connectivity index (χ0n) is 9.52. The predicted octanol–water partition coefficient (Wildman–Crippen LogP) is 0.864. The van der Waals surface area contributed by atoms with Crippen molar-refractivity contribution in [2.45, 2.75) is 6.42 Å². The van der Waals surface area contributed by atoms with E-state index < -0.39 is 0 Å². The number of anilines is 1. The third kappa shape index (κ3) is 2.16. The zero-order chi connectivity index (χ0) is 11.5. The summed E-state index contributed by atoms with van der Waals surface area (Å²) in [5.74, 6) is 2.15. The van der Waals surface area contributed by atoms with Crippen molar-refractivity contribution in [2.24, 2.45) is 0 Å². The topological polar surface area (TPSA) is 70.0 Å². The van der Waals surface area contributed by atoms with Crippen molar-refractivity contribution in [1.82, 2.24) is 20.5 Å². The van der Waals surface area contributed by atoms with Gasteiger partial charge in [0.15, 0.2) is 11.6 Å². The molecule has 3 rings (SSSR count). The van der Waals surface area contributed by atoms with E-state index in [1.54, 1.807) is 6.26 Å². The first-order valence-corrected chi connectivity index (χ1v) is 5.85.